The van der Waals surface area contributed by atoms with E-state index in [0.29, 0.717) is 26.1 Å². The van der Waals surface area contributed by atoms with E-state index >= 15 is 0 Å². The van der Waals surface area contributed by atoms with E-state index in [1.54, 1.807) is 0 Å². The molecule has 2 N–H and O–H groups in total. The molecule has 0 amide bonds. The molecule has 6 heteroatoms. The van der Waals surface area contributed by atoms with Crippen molar-refractivity contribution < 1.29 is 18.3 Å². The van der Waals surface area contributed by atoms with Crippen molar-refractivity contribution in [1.82, 2.24) is 5.32 Å². The summed E-state index contributed by atoms with van der Waals surface area (Å²) in [5.74, 6) is 0.0956. The van der Waals surface area contributed by atoms with Gasteiger partial charge in [0.25, 0.3) is 0 Å². The molecule has 1 fully saturated rings. The van der Waals surface area contributed by atoms with Gasteiger partial charge in [0.15, 0.2) is 0 Å². The smallest absolute Gasteiger partial charge is 0.148 e. The van der Waals surface area contributed by atoms with Gasteiger partial charge in [-0.3, -0.25) is 0 Å². The van der Waals surface area contributed by atoms with Gasteiger partial charge in [0, 0.05) is 32.4 Å². The highest BCUT2D eigenvalue weighted by molar-refractivity contribution is 7.90. The summed E-state index contributed by atoms with van der Waals surface area (Å²) in [7, 11) is -2.93. The van der Waals surface area contributed by atoms with Crippen molar-refractivity contribution >= 4 is 9.84 Å². The molecule has 15 heavy (non-hydrogen) atoms. The van der Waals surface area contributed by atoms with Crippen LogP contribution in [0, 0.1) is 0 Å². The van der Waals surface area contributed by atoms with E-state index in [1.165, 1.54) is 6.26 Å². The van der Waals surface area contributed by atoms with Crippen LogP contribution in [0.25, 0.3) is 0 Å². The first-order valence-electron chi connectivity index (χ1n) is 5.06. The lowest BCUT2D eigenvalue weighted by atomic mass is 9.97. The predicted octanol–water partition coefficient (Wildman–Crippen LogP) is -0.839. The molecule has 0 saturated carbocycles. The highest BCUT2D eigenvalue weighted by Gasteiger charge is 2.38. The van der Waals surface area contributed by atoms with Crippen LogP contribution in [0.5, 0.6) is 0 Å². The molecule has 5 nitrogen and oxygen atoms in total. The van der Waals surface area contributed by atoms with Crippen molar-refractivity contribution in [2.75, 3.05) is 31.7 Å². The Hall–Kier alpha value is -0.170. The lowest BCUT2D eigenvalue weighted by Gasteiger charge is -2.26. The molecular weight excluding hydrogens is 218 g/mol. The SMILES string of the molecule is CC1OCCC1(O)CNCCS(C)(=O)=O. The van der Waals surface area contributed by atoms with E-state index in [9.17, 15) is 13.5 Å². The van der Waals surface area contributed by atoms with E-state index in [-0.39, 0.29) is 11.9 Å². The largest absolute Gasteiger partial charge is 0.386 e. The van der Waals surface area contributed by atoms with E-state index < -0.39 is 15.4 Å². The first-order valence-corrected chi connectivity index (χ1v) is 7.12. The lowest BCUT2D eigenvalue weighted by Crippen LogP contribution is -2.46. The maximum absolute atomic E-state index is 10.8. The van der Waals surface area contributed by atoms with Crippen molar-refractivity contribution in [3.63, 3.8) is 0 Å². The number of hydrogen-bond acceptors (Lipinski definition) is 5. The minimum Gasteiger partial charge on any atom is -0.386 e. The molecular formula is C9H19NO4S. The maximum atomic E-state index is 10.8. The summed E-state index contributed by atoms with van der Waals surface area (Å²) in [5.41, 5.74) is -0.850. The van der Waals surface area contributed by atoms with Crippen LogP contribution in [-0.4, -0.2) is 56.9 Å². The van der Waals surface area contributed by atoms with Gasteiger partial charge in [0.05, 0.1) is 11.9 Å². The number of rotatable bonds is 5. The molecule has 90 valence electrons. The second kappa shape index (κ2) is 4.78. The topological polar surface area (TPSA) is 75.6 Å². The van der Waals surface area contributed by atoms with Crippen LogP contribution < -0.4 is 5.32 Å². The highest BCUT2D eigenvalue weighted by Crippen LogP contribution is 2.24. The van der Waals surface area contributed by atoms with E-state index in [4.69, 9.17) is 4.74 Å². The van der Waals surface area contributed by atoms with Crippen LogP contribution >= 0.6 is 0 Å². The normalized spacial score (nSPS) is 32.1. The zero-order chi connectivity index (χ0) is 11.5. The number of aliphatic hydroxyl groups is 1. The molecule has 0 bridgehead atoms. The Morgan fingerprint density at radius 3 is 2.73 bits per heavy atom. The van der Waals surface area contributed by atoms with E-state index in [2.05, 4.69) is 5.32 Å². The van der Waals surface area contributed by atoms with Crippen LogP contribution in [0.1, 0.15) is 13.3 Å². The number of nitrogens with one attached hydrogen (secondary N) is 1. The fourth-order valence-electron chi connectivity index (χ4n) is 1.57. The van der Waals surface area contributed by atoms with Crippen LogP contribution in [-0.2, 0) is 14.6 Å². The van der Waals surface area contributed by atoms with Gasteiger partial charge in [-0.05, 0) is 6.92 Å². The van der Waals surface area contributed by atoms with E-state index in [1.807, 2.05) is 6.92 Å². The predicted molar refractivity (Wildman–Crippen MR) is 57.6 cm³/mol. The summed E-state index contributed by atoms with van der Waals surface area (Å²) in [5, 5.41) is 13.0. The Labute approximate surface area is 90.7 Å². The molecule has 1 aliphatic heterocycles. The maximum Gasteiger partial charge on any atom is 0.148 e. The minimum absolute atomic E-state index is 0.0956. The summed E-state index contributed by atoms with van der Waals surface area (Å²) in [6.45, 7) is 3.13. The molecule has 1 saturated heterocycles. The third-order valence-electron chi connectivity index (χ3n) is 2.74. The molecule has 2 atom stereocenters. The number of sulfone groups is 1. The fourth-order valence-corrected chi connectivity index (χ4v) is 2.08. The second-order valence-corrected chi connectivity index (χ2v) is 6.43. The molecule has 1 rings (SSSR count). The summed E-state index contributed by atoms with van der Waals surface area (Å²) in [6.07, 6.45) is 1.60. The van der Waals surface area contributed by atoms with Crippen molar-refractivity contribution in [3.8, 4) is 0 Å². The average Bonchev–Trinajstić information content (AvgIpc) is 2.41. The molecule has 0 aliphatic carbocycles. The van der Waals surface area contributed by atoms with Crippen LogP contribution in [0.15, 0.2) is 0 Å². The van der Waals surface area contributed by atoms with Gasteiger partial charge in [0.2, 0.25) is 0 Å². The van der Waals surface area contributed by atoms with Crippen LogP contribution in [0.4, 0.5) is 0 Å². The quantitative estimate of drug-likeness (QED) is 0.610. The summed E-state index contributed by atoms with van der Waals surface area (Å²) in [4.78, 5) is 0. The van der Waals surface area contributed by atoms with E-state index in [0.717, 1.165) is 0 Å². The Morgan fingerprint density at radius 2 is 2.27 bits per heavy atom. The van der Waals surface area contributed by atoms with Gasteiger partial charge < -0.3 is 15.2 Å². The van der Waals surface area contributed by atoms with Crippen molar-refractivity contribution in [2.24, 2.45) is 0 Å². The summed E-state index contributed by atoms with van der Waals surface area (Å²) in [6, 6.07) is 0. The zero-order valence-electron chi connectivity index (χ0n) is 9.19. The molecule has 2 unspecified atom stereocenters. The van der Waals surface area contributed by atoms with Crippen molar-refractivity contribution in [1.29, 1.82) is 0 Å². The second-order valence-electron chi connectivity index (χ2n) is 4.17. The molecule has 0 spiro atoms. The summed E-state index contributed by atoms with van der Waals surface area (Å²) < 4.78 is 26.9. The first-order chi connectivity index (χ1) is 6.83. The standard InChI is InChI=1S/C9H19NO4S/c1-8-9(11,3-5-14-8)7-10-4-6-15(2,12)13/h8,10-11H,3-7H2,1-2H3. The molecule has 1 aliphatic rings. The van der Waals surface area contributed by atoms with Gasteiger partial charge in [-0.15, -0.1) is 0 Å². The Morgan fingerprint density at radius 1 is 1.60 bits per heavy atom. The zero-order valence-corrected chi connectivity index (χ0v) is 10.0. The molecule has 0 radical (unpaired) electrons. The van der Waals surface area contributed by atoms with Gasteiger partial charge in [0.1, 0.15) is 15.4 Å². The Balaban J connectivity index is 2.25. The van der Waals surface area contributed by atoms with Crippen LogP contribution in [0.3, 0.4) is 0 Å². The fraction of sp³-hybridized carbons (Fsp3) is 1.00. The summed E-state index contributed by atoms with van der Waals surface area (Å²) >= 11 is 0. The molecule has 0 aromatic heterocycles. The molecule has 0 aromatic rings. The molecule has 1 heterocycles. The van der Waals surface area contributed by atoms with Gasteiger partial charge in [-0.2, -0.15) is 0 Å². The van der Waals surface area contributed by atoms with Crippen molar-refractivity contribution in [3.05, 3.63) is 0 Å². The first kappa shape index (κ1) is 12.9. The van der Waals surface area contributed by atoms with Crippen LogP contribution in [0.2, 0.25) is 0 Å². The number of ether oxygens (including phenoxy) is 1. The highest BCUT2D eigenvalue weighted by atomic mass is 32.2. The van der Waals surface area contributed by atoms with Crippen molar-refractivity contribution in [2.45, 2.75) is 25.0 Å². The van der Waals surface area contributed by atoms with Gasteiger partial charge >= 0.3 is 0 Å². The Bertz CT molecular complexity index is 303. The number of hydrogen-bond donors (Lipinski definition) is 2. The van der Waals surface area contributed by atoms with Gasteiger partial charge in [-0.25, -0.2) is 8.42 Å². The molecule has 0 aromatic carbocycles. The van der Waals surface area contributed by atoms with Gasteiger partial charge in [-0.1, -0.05) is 0 Å². The Kier molecular flexibility index (Phi) is 4.11. The average molecular weight is 237 g/mol. The monoisotopic (exact) mass is 237 g/mol. The third kappa shape index (κ3) is 4.06. The minimum atomic E-state index is -2.93. The lowest BCUT2D eigenvalue weighted by molar-refractivity contribution is -0.0257. The third-order valence-corrected chi connectivity index (χ3v) is 3.69.